The van der Waals surface area contributed by atoms with Crippen molar-refractivity contribution in [2.24, 2.45) is 0 Å². The molecule has 0 spiro atoms. The van der Waals surface area contributed by atoms with Crippen molar-refractivity contribution < 1.29 is 14.6 Å². The van der Waals surface area contributed by atoms with Crippen molar-refractivity contribution >= 4 is 27.4 Å². The summed E-state index contributed by atoms with van der Waals surface area (Å²) in [6.45, 7) is 4.41. The van der Waals surface area contributed by atoms with Crippen LogP contribution in [0.4, 0.5) is 0 Å². The number of carboxylic acids is 1. The van der Waals surface area contributed by atoms with Crippen molar-refractivity contribution in [2.45, 2.75) is 33.0 Å². The fourth-order valence-electron chi connectivity index (χ4n) is 1.76. The van der Waals surface area contributed by atoms with E-state index in [-0.39, 0.29) is 6.10 Å². The van der Waals surface area contributed by atoms with Gasteiger partial charge in [0.25, 0.3) is 0 Å². The Balaban J connectivity index is 2.39. The van der Waals surface area contributed by atoms with E-state index in [1.807, 2.05) is 31.2 Å². The summed E-state index contributed by atoms with van der Waals surface area (Å²) in [7, 11) is 0. The first-order valence-electron chi connectivity index (χ1n) is 5.98. The van der Waals surface area contributed by atoms with E-state index in [1.165, 1.54) is 11.3 Å². The summed E-state index contributed by atoms with van der Waals surface area (Å²) in [4.78, 5) is 11.6. The molecule has 1 aromatic carbocycles. The number of hydrogen-bond donors (Lipinski definition) is 1. The third kappa shape index (κ3) is 2.54. The number of ether oxygens (including phenoxy) is 1. The van der Waals surface area contributed by atoms with Gasteiger partial charge in [0.1, 0.15) is 4.88 Å². The Bertz CT molecular complexity index is 559. The molecule has 0 fully saturated rings. The van der Waals surface area contributed by atoms with Gasteiger partial charge in [0.2, 0.25) is 0 Å². The maximum absolute atomic E-state index is 11.3. The summed E-state index contributed by atoms with van der Waals surface area (Å²) in [6, 6.07) is 7.74. The van der Waals surface area contributed by atoms with Crippen LogP contribution in [-0.2, 0) is 11.3 Å². The minimum atomic E-state index is -0.876. The van der Waals surface area contributed by atoms with Crippen LogP contribution in [0.25, 0.3) is 10.1 Å². The van der Waals surface area contributed by atoms with Gasteiger partial charge in [-0.3, -0.25) is 0 Å². The van der Waals surface area contributed by atoms with Crippen LogP contribution in [-0.4, -0.2) is 17.2 Å². The van der Waals surface area contributed by atoms with Crippen molar-refractivity contribution in [2.75, 3.05) is 0 Å². The van der Waals surface area contributed by atoms with Crippen molar-refractivity contribution in [1.29, 1.82) is 0 Å². The number of aromatic carboxylic acids is 1. The van der Waals surface area contributed by atoms with E-state index in [0.29, 0.717) is 11.5 Å². The largest absolute Gasteiger partial charge is 0.477 e. The first kappa shape index (κ1) is 13.1. The van der Waals surface area contributed by atoms with Crippen LogP contribution in [0.2, 0.25) is 0 Å². The fourth-order valence-corrected chi connectivity index (χ4v) is 2.81. The second-order valence-electron chi connectivity index (χ2n) is 4.24. The number of rotatable bonds is 5. The Labute approximate surface area is 110 Å². The van der Waals surface area contributed by atoms with Gasteiger partial charge in [-0.15, -0.1) is 11.3 Å². The molecule has 0 aliphatic heterocycles. The molecule has 96 valence electrons. The SMILES string of the molecule is CCC(C)OCc1c(C(=O)O)sc2ccccc12. The first-order valence-corrected chi connectivity index (χ1v) is 6.80. The minimum Gasteiger partial charge on any atom is -0.477 e. The third-order valence-corrected chi connectivity index (χ3v) is 4.18. The molecular formula is C14H16O3S. The normalized spacial score (nSPS) is 12.8. The van der Waals surface area contributed by atoms with E-state index in [2.05, 4.69) is 6.92 Å². The quantitative estimate of drug-likeness (QED) is 0.890. The van der Waals surface area contributed by atoms with Gasteiger partial charge in [-0.2, -0.15) is 0 Å². The number of hydrogen-bond acceptors (Lipinski definition) is 3. The Hall–Kier alpha value is -1.39. The highest BCUT2D eigenvalue weighted by Crippen LogP contribution is 2.32. The third-order valence-electron chi connectivity index (χ3n) is 2.98. The monoisotopic (exact) mass is 264 g/mol. The number of thiophene rings is 1. The lowest BCUT2D eigenvalue weighted by Crippen LogP contribution is -2.08. The number of carboxylic acid groups (broad SMARTS) is 1. The molecule has 2 aromatic rings. The predicted molar refractivity (Wildman–Crippen MR) is 73.3 cm³/mol. The summed E-state index contributed by atoms with van der Waals surface area (Å²) in [5, 5.41) is 10.2. The number of carbonyl (C=O) groups is 1. The second-order valence-corrected chi connectivity index (χ2v) is 5.29. The average molecular weight is 264 g/mol. The molecule has 18 heavy (non-hydrogen) atoms. The van der Waals surface area contributed by atoms with Crippen LogP contribution in [0.15, 0.2) is 24.3 Å². The van der Waals surface area contributed by atoms with Crippen LogP contribution in [0.5, 0.6) is 0 Å². The van der Waals surface area contributed by atoms with Gasteiger partial charge < -0.3 is 9.84 Å². The van der Waals surface area contributed by atoms with Crippen LogP contribution < -0.4 is 0 Å². The van der Waals surface area contributed by atoms with Gasteiger partial charge in [0.15, 0.2) is 0 Å². The Kier molecular flexibility index (Phi) is 3.99. The molecule has 0 aliphatic carbocycles. The average Bonchev–Trinajstić information content (AvgIpc) is 2.75. The summed E-state index contributed by atoms with van der Waals surface area (Å²) >= 11 is 1.31. The molecule has 4 heteroatoms. The fraction of sp³-hybridized carbons (Fsp3) is 0.357. The topological polar surface area (TPSA) is 46.5 Å². The molecule has 1 aromatic heterocycles. The first-order chi connectivity index (χ1) is 8.63. The maximum atomic E-state index is 11.3. The summed E-state index contributed by atoms with van der Waals surface area (Å²) in [5.74, 6) is -0.876. The van der Waals surface area contributed by atoms with Gasteiger partial charge in [-0.1, -0.05) is 25.1 Å². The Morgan fingerprint density at radius 2 is 2.17 bits per heavy atom. The molecule has 0 saturated heterocycles. The second kappa shape index (κ2) is 5.50. The zero-order valence-electron chi connectivity index (χ0n) is 10.5. The van der Waals surface area contributed by atoms with Crippen LogP contribution in [0.3, 0.4) is 0 Å². The molecule has 1 unspecified atom stereocenters. The highest BCUT2D eigenvalue weighted by atomic mass is 32.1. The van der Waals surface area contributed by atoms with E-state index >= 15 is 0 Å². The van der Waals surface area contributed by atoms with Crippen LogP contribution >= 0.6 is 11.3 Å². The molecule has 0 bridgehead atoms. The molecule has 3 nitrogen and oxygen atoms in total. The van der Waals surface area contributed by atoms with Gasteiger partial charge >= 0.3 is 5.97 Å². The van der Waals surface area contributed by atoms with Gasteiger partial charge in [0, 0.05) is 10.3 Å². The molecule has 0 radical (unpaired) electrons. The van der Waals surface area contributed by atoms with Crippen LogP contribution in [0, 0.1) is 0 Å². The van der Waals surface area contributed by atoms with Crippen LogP contribution in [0.1, 0.15) is 35.5 Å². The summed E-state index contributed by atoms with van der Waals surface area (Å²) in [5.41, 5.74) is 0.795. The Morgan fingerprint density at radius 1 is 1.44 bits per heavy atom. The Morgan fingerprint density at radius 3 is 2.83 bits per heavy atom. The van der Waals surface area contributed by atoms with E-state index in [0.717, 1.165) is 22.1 Å². The molecule has 1 N–H and O–H groups in total. The standard InChI is InChI=1S/C14H16O3S/c1-3-9(2)17-8-11-10-6-4-5-7-12(10)18-13(11)14(15)16/h4-7,9H,3,8H2,1-2H3,(H,15,16). The van der Waals surface area contributed by atoms with Crippen molar-refractivity contribution in [3.05, 3.63) is 34.7 Å². The lowest BCUT2D eigenvalue weighted by Gasteiger charge is -2.10. The molecule has 2 rings (SSSR count). The number of fused-ring (bicyclic) bond motifs is 1. The smallest absolute Gasteiger partial charge is 0.346 e. The lowest BCUT2D eigenvalue weighted by atomic mass is 10.1. The molecule has 0 aliphatic rings. The minimum absolute atomic E-state index is 0.144. The zero-order valence-corrected chi connectivity index (χ0v) is 11.3. The van der Waals surface area contributed by atoms with E-state index < -0.39 is 5.97 Å². The van der Waals surface area contributed by atoms with Gasteiger partial charge in [0.05, 0.1) is 12.7 Å². The zero-order chi connectivity index (χ0) is 13.1. The highest BCUT2D eigenvalue weighted by Gasteiger charge is 2.17. The number of benzene rings is 1. The van der Waals surface area contributed by atoms with Gasteiger partial charge in [-0.05, 0) is 24.8 Å². The summed E-state index contributed by atoms with van der Waals surface area (Å²) in [6.07, 6.45) is 1.06. The van der Waals surface area contributed by atoms with Crippen molar-refractivity contribution in [1.82, 2.24) is 0 Å². The maximum Gasteiger partial charge on any atom is 0.346 e. The van der Waals surface area contributed by atoms with Crippen molar-refractivity contribution in [3.8, 4) is 0 Å². The highest BCUT2D eigenvalue weighted by molar-refractivity contribution is 7.21. The lowest BCUT2D eigenvalue weighted by molar-refractivity contribution is 0.0498. The molecule has 0 saturated carbocycles. The van der Waals surface area contributed by atoms with Crippen molar-refractivity contribution in [3.63, 3.8) is 0 Å². The van der Waals surface area contributed by atoms with E-state index in [9.17, 15) is 9.90 Å². The van der Waals surface area contributed by atoms with E-state index in [4.69, 9.17) is 4.74 Å². The molecule has 0 amide bonds. The predicted octanol–water partition coefficient (Wildman–Crippen LogP) is 3.91. The molecule has 1 atom stereocenters. The molecular weight excluding hydrogens is 248 g/mol. The van der Waals surface area contributed by atoms with E-state index in [1.54, 1.807) is 0 Å². The molecule has 1 heterocycles. The summed E-state index contributed by atoms with van der Waals surface area (Å²) < 4.78 is 6.68. The van der Waals surface area contributed by atoms with Gasteiger partial charge in [-0.25, -0.2) is 4.79 Å².